The minimum Gasteiger partial charge on any atom is -0.478 e. The van der Waals surface area contributed by atoms with Gasteiger partial charge in [-0.3, -0.25) is 0 Å². The van der Waals surface area contributed by atoms with Crippen molar-refractivity contribution in [2.24, 2.45) is 5.92 Å². The van der Waals surface area contributed by atoms with Gasteiger partial charge in [-0.15, -0.1) is 0 Å². The summed E-state index contributed by atoms with van der Waals surface area (Å²) in [6, 6.07) is 13.5. The summed E-state index contributed by atoms with van der Waals surface area (Å²) in [5.41, 5.74) is 3.65. The number of carboxylic acids is 1. The Morgan fingerprint density at radius 1 is 1.17 bits per heavy atom. The molecule has 0 saturated heterocycles. The summed E-state index contributed by atoms with van der Waals surface area (Å²) >= 11 is 6.00. The molecule has 3 nitrogen and oxygen atoms in total. The summed E-state index contributed by atoms with van der Waals surface area (Å²) < 4.78 is 0. The van der Waals surface area contributed by atoms with Crippen LogP contribution >= 0.6 is 11.6 Å². The Morgan fingerprint density at radius 3 is 2.70 bits per heavy atom. The largest absolute Gasteiger partial charge is 0.478 e. The summed E-state index contributed by atoms with van der Waals surface area (Å²) in [6.07, 6.45) is 5.39. The Morgan fingerprint density at radius 2 is 1.96 bits per heavy atom. The van der Waals surface area contributed by atoms with Gasteiger partial charge in [0.2, 0.25) is 0 Å². The number of hydrogen-bond donors (Lipinski definition) is 2. The first-order valence-electron chi connectivity index (χ1n) is 7.69. The molecule has 1 heterocycles. The molecule has 2 N–H and O–H groups in total. The number of hydrogen-bond acceptors (Lipinski definition) is 2. The molecule has 1 aliphatic carbocycles. The van der Waals surface area contributed by atoms with Gasteiger partial charge in [0, 0.05) is 16.6 Å². The van der Waals surface area contributed by atoms with Crippen LogP contribution in [0.2, 0.25) is 5.02 Å². The summed E-state index contributed by atoms with van der Waals surface area (Å²) in [6.45, 7) is 0. The van der Waals surface area contributed by atoms with E-state index in [1.165, 1.54) is 5.56 Å². The van der Waals surface area contributed by atoms with E-state index in [4.69, 9.17) is 11.6 Å². The van der Waals surface area contributed by atoms with Gasteiger partial charge < -0.3 is 10.4 Å². The minimum atomic E-state index is -0.883. The van der Waals surface area contributed by atoms with E-state index in [1.54, 1.807) is 12.1 Å². The highest BCUT2D eigenvalue weighted by atomic mass is 35.5. The first-order valence-corrected chi connectivity index (χ1v) is 8.07. The van der Waals surface area contributed by atoms with Gasteiger partial charge in [-0.1, -0.05) is 35.9 Å². The number of carboxylic acid groups (broad SMARTS) is 1. The summed E-state index contributed by atoms with van der Waals surface area (Å²) in [4.78, 5) is 11.2. The Balaban J connectivity index is 1.77. The number of nitrogens with one attached hydrogen (secondary N) is 1. The fraction of sp³-hybridized carbons (Fsp3) is 0.211. The highest BCUT2D eigenvalue weighted by molar-refractivity contribution is 6.30. The van der Waals surface area contributed by atoms with Gasteiger partial charge in [0.1, 0.15) is 0 Å². The zero-order chi connectivity index (χ0) is 16.0. The van der Waals surface area contributed by atoms with Crippen LogP contribution in [0.4, 0.5) is 5.69 Å². The summed E-state index contributed by atoms with van der Waals surface area (Å²) in [5, 5.41) is 13.6. The Kier molecular flexibility index (Phi) is 3.38. The molecule has 0 spiro atoms. The molecule has 0 saturated carbocycles. The maximum absolute atomic E-state index is 11.2. The topological polar surface area (TPSA) is 49.3 Å². The lowest BCUT2D eigenvalue weighted by Gasteiger charge is -2.37. The van der Waals surface area contributed by atoms with Gasteiger partial charge in [0.15, 0.2) is 0 Å². The molecule has 4 heteroatoms. The van der Waals surface area contributed by atoms with Gasteiger partial charge in [0.25, 0.3) is 0 Å². The number of rotatable bonds is 2. The average molecular weight is 326 g/mol. The van der Waals surface area contributed by atoms with Crippen molar-refractivity contribution in [2.75, 3.05) is 5.32 Å². The van der Waals surface area contributed by atoms with Gasteiger partial charge in [-0.25, -0.2) is 4.79 Å². The number of anilines is 1. The lowest BCUT2D eigenvalue weighted by Crippen LogP contribution is -2.29. The van der Waals surface area contributed by atoms with Crippen molar-refractivity contribution in [3.63, 3.8) is 0 Å². The van der Waals surface area contributed by atoms with E-state index in [0.29, 0.717) is 11.5 Å². The third-order valence-corrected chi connectivity index (χ3v) is 5.09. The normalized spacial score (nSPS) is 24.7. The fourth-order valence-electron chi connectivity index (χ4n) is 3.73. The summed E-state index contributed by atoms with van der Waals surface area (Å²) in [5.74, 6) is -0.231. The molecule has 0 unspecified atom stereocenters. The molecule has 0 amide bonds. The van der Waals surface area contributed by atoms with E-state index >= 15 is 0 Å². The van der Waals surface area contributed by atoms with Crippen LogP contribution in [0, 0.1) is 5.92 Å². The molecule has 0 fully saturated rings. The van der Waals surface area contributed by atoms with Gasteiger partial charge in [-0.2, -0.15) is 0 Å². The molecule has 0 bridgehead atoms. The molecule has 4 rings (SSSR count). The molecule has 3 atom stereocenters. The first-order chi connectivity index (χ1) is 11.1. The average Bonchev–Trinajstić information content (AvgIpc) is 3.04. The van der Waals surface area contributed by atoms with Crippen LogP contribution in [-0.2, 0) is 0 Å². The van der Waals surface area contributed by atoms with E-state index in [0.717, 1.165) is 22.7 Å². The lowest BCUT2D eigenvalue weighted by molar-refractivity contribution is 0.0696. The van der Waals surface area contributed by atoms with Crippen molar-refractivity contribution < 1.29 is 9.90 Å². The van der Waals surface area contributed by atoms with Crippen LogP contribution in [0.3, 0.4) is 0 Å². The predicted molar refractivity (Wildman–Crippen MR) is 91.2 cm³/mol. The molecule has 2 aliphatic rings. The highest BCUT2D eigenvalue weighted by Gasteiger charge is 2.38. The van der Waals surface area contributed by atoms with Crippen LogP contribution in [0.5, 0.6) is 0 Å². The predicted octanol–water partition coefficient (Wildman–Crippen LogP) is 4.86. The number of fused-ring (bicyclic) bond motifs is 3. The number of carbonyl (C=O) groups is 1. The highest BCUT2D eigenvalue weighted by Crippen LogP contribution is 2.49. The number of benzene rings is 2. The second-order valence-corrected chi connectivity index (χ2v) is 6.57. The molecular formula is C19H16ClNO2. The van der Waals surface area contributed by atoms with Gasteiger partial charge >= 0.3 is 5.97 Å². The molecular weight excluding hydrogens is 310 g/mol. The number of aromatic carboxylic acids is 1. The zero-order valence-corrected chi connectivity index (χ0v) is 13.1. The Bertz CT molecular complexity index is 798. The van der Waals surface area contributed by atoms with Crippen molar-refractivity contribution in [1.82, 2.24) is 0 Å². The van der Waals surface area contributed by atoms with E-state index in [9.17, 15) is 9.90 Å². The van der Waals surface area contributed by atoms with Crippen molar-refractivity contribution in [3.05, 3.63) is 76.3 Å². The first kappa shape index (κ1) is 14.3. The maximum Gasteiger partial charge on any atom is 0.335 e. The second-order valence-electron chi connectivity index (χ2n) is 6.13. The van der Waals surface area contributed by atoms with E-state index < -0.39 is 5.97 Å². The SMILES string of the molecule is O=C(O)c1ccc2c(c1)[C@H]1C=CC[C@H]1[C@H](c1ccc(Cl)cc1)N2. The standard InChI is InChI=1S/C19H16ClNO2/c20-13-7-4-11(5-8-13)18-15-3-1-2-14(15)16-10-12(19(22)23)6-9-17(16)21-18/h1-2,4-10,14-15,18,21H,3H2,(H,22,23)/t14-,15+,18-/m0/s1. The summed E-state index contributed by atoms with van der Waals surface area (Å²) in [7, 11) is 0. The second kappa shape index (κ2) is 5.43. The van der Waals surface area contributed by atoms with Gasteiger partial charge in [-0.05, 0) is 53.8 Å². The quantitative estimate of drug-likeness (QED) is 0.775. The molecule has 23 heavy (non-hydrogen) atoms. The lowest BCUT2D eigenvalue weighted by atomic mass is 9.76. The van der Waals surface area contributed by atoms with Crippen LogP contribution in [0.25, 0.3) is 0 Å². The fourth-order valence-corrected chi connectivity index (χ4v) is 3.85. The number of allylic oxidation sites excluding steroid dienone is 2. The molecule has 0 radical (unpaired) electrons. The smallest absolute Gasteiger partial charge is 0.335 e. The van der Waals surface area contributed by atoms with Crippen molar-refractivity contribution in [2.45, 2.75) is 18.4 Å². The Hall–Kier alpha value is -2.26. The van der Waals surface area contributed by atoms with Gasteiger partial charge in [0.05, 0.1) is 11.6 Å². The van der Waals surface area contributed by atoms with E-state index in [1.807, 2.05) is 18.2 Å². The van der Waals surface area contributed by atoms with E-state index in [2.05, 4.69) is 29.6 Å². The third kappa shape index (κ3) is 2.41. The van der Waals surface area contributed by atoms with E-state index in [-0.39, 0.29) is 12.0 Å². The third-order valence-electron chi connectivity index (χ3n) is 4.84. The Labute approximate surface area is 139 Å². The molecule has 116 valence electrons. The molecule has 1 aliphatic heterocycles. The van der Waals surface area contributed by atoms with Crippen LogP contribution in [-0.4, -0.2) is 11.1 Å². The zero-order valence-electron chi connectivity index (χ0n) is 12.4. The monoisotopic (exact) mass is 325 g/mol. The number of halogens is 1. The molecule has 2 aromatic rings. The molecule has 2 aromatic carbocycles. The van der Waals surface area contributed by atoms with Crippen LogP contribution in [0.15, 0.2) is 54.6 Å². The van der Waals surface area contributed by atoms with Crippen LogP contribution < -0.4 is 5.32 Å². The minimum absolute atomic E-state index is 0.204. The van der Waals surface area contributed by atoms with Crippen LogP contribution in [0.1, 0.15) is 39.9 Å². The maximum atomic E-state index is 11.2. The molecule has 0 aromatic heterocycles. The van der Waals surface area contributed by atoms with Crippen molar-refractivity contribution >= 4 is 23.3 Å². The van der Waals surface area contributed by atoms with Crippen molar-refractivity contribution in [1.29, 1.82) is 0 Å². The van der Waals surface area contributed by atoms with Crippen molar-refractivity contribution in [3.8, 4) is 0 Å².